The maximum atomic E-state index is 10.2. The molecule has 0 aliphatic heterocycles. The quantitative estimate of drug-likeness (QED) is 0.168. The first-order chi connectivity index (χ1) is 27.7. The van der Waals surface area contributed by atoms with Crippen molar-refractivity contribution >= 4 is 53.9 Å². The van der Waals surface area contributed by atoms with E-state index in [9.17, 15) is 6.85 Å². The molecule has 0 spiro atoms. The van der Waals surface area contributed by atoms with Gasteiger partial charge in [-0.2, -0.15) is 0 Å². The molecule has 0 radical (unpaired) electrons. The van der Waals surface area contributed by atoms with Gasteiger partial charge < -0.3 is 0 Å². The minimum absolute atomic E-state index is 0.0197. The zero-order valence-electron chi connectivity index (χ0n) is 33.9. The summed E-state index contributed by atoms with van der Waals surface area (Å²) in [4.78, 5) is 0. The maximum absolute atomic E-state index is 10.2. The van der Waals surface area contributed by atoms with Gasteiger partial charge in [-0.15, -0.1) is 0 Å². The third-order valence-corrected chi connectivity index (χ3v) is 9.85. The summed E-state index contributed by atoms with van der Waals surface area (Å²) in [5.41, 5.74) is 4.93. The molecule has 232 valence electrons. The van der Waals surface area contributed by atoms with Crippen molar-refractivity contribution in [2.45, 2.75) is 0 Å². The van der Waals surface area contributed by atoms with Gasteiger partial charge in [0.25, 0.3) is 0 Å². The molecule has 0 heterocycles. The molecule has 0 bridgehead atoms. The van der Waals surface area contributed by atoms with Gasteiger partial charge in [-0.1, -0.05) is 176 Å². The van der Waals surface area contributed by atoms with Crippen molar-refractivity contribution < 1.29 is 9.60 Å². The van der Waals surface area contributed by atoms with Crippen LogP contribution in [0.4, 0.5) is 0 Å². The lowest BCUT2D eigenvalue weighted by Crippen LogP contribution is -1.92. The molecule has 0 saturated heterocycles. The average molecular weight is 640 g/mol. The number of rotatable bonds is 4. The largest absolute Gasteiger partial charge is 0.0636 e. The van der Waals surface area contributed by atoms with Crippen LogP contribution in [0, 0.1) is 0 Å². The highest BCUT2D eigenvalue weighted by Gasteiger charge is 2.19. The van der Waals surface area contributed by atoms with E-state index in [2.05, 4.69) is 24.3 Å². The predicted octanol–water partition coefficient (Wildman–Crippen LogP) is 14.1. The number of hydrogen-bond acceptors (Lipinski definition) is 0. The molecule has 0 atom stereocenters. The SMILES string of the molecule is [2H]c1c([2H])c([2H])c2c(-c3ccc4ccccc4c3)c3c([2H])c(-c4cccc5ccccc45)c([2H])c([2H])c3c(-c3cccc(-c4cccc5ccccc45)c3)c2c1[2H]. The van der Waals surface area contributed by atoms with Gasteiger partial charge in [0, 0.05) is 0 Å². The molecule has 0 nitrogen and oxygen atoms in total. The molecule has 0 heteroatoms. The summed E-state index contributed by atoms with van der Waals surface area (Å²) in [6.45, 7) is 0. The summed E-state index contributed by atoms with van der Waals surface area (Å²) in [7, 11) is 0. The standard InChI is InChI=1S/C50H32/c1-2-15-36-30-40(27-26-33(36)12-1)50-46-23-8-7-22-45(46)49(39-19-9-18-37(31-39)43-24-10-16-34-13-3-5-20-41(34)43)47-29-28-38(32-48(47)50)44-25-11-17-35-14-4-6-21-42(35)44/h1-32H/i7D,8D,22D,23D,28D,29D,32D. The fourth-order valence-corrected chi connectivity index (χ4v) is 7.54. The Bertz CT molecular complexity index is 3320. The molecular weight excluding hydrogens is 601 g/mol. The number of hydrogen-bond donors (Lipinski definition) is 0. The maximum Gasteiger partial charge on any atom is 0.0636 e. The third-order valence-electron chi connectivity index (χ3n) is 9.85. The molecule has 0 aliphatic rings. The second-order valence-corrected chi connectivity index (χ2v) is 12.7. The van der Waals surface area contributed by atoms with E-state index < -0.39 is 0 Å². The molecule has 50 heavy (non-hydrogen) atoms. The van der Waals surface area contributed by atoms with Crippen molar-refractivity contribution in [3.63, 3.8) is 0 Å². The molecule has 10 aromatic carbocycles. The van der Waals surface area contributed by atoms with Gasteiger partial charge in [-0.3, -0.25) is 0 Å². The molecular formula is C50H32. The highest BCUT2D eigenvalue weighted by atomic mass is 14.2. The zero-order valence-corrected chi connectivity index (χ0v) is 26.9. The highest BCUT2D eigenvalue weighted by molar-refractivity contribution is 6.22. The van der Waals surface area contributed by atoms with E-state index in [1.807, 2.05) is 127 Å². The molecule has 10 rings (SSSR count). The van der Waals surface area contributed by atoms with Crippen LogP contribution in [0.15, 0.2) is 194 Å². The van der Waals surface area contributed by atoms with Crippen molar-refractivity contribution in [3.8, 4) is 44.5 Å². The van der Waals surface area contributed by atoms with Crippen LogP contribution in [0.3, 0.4) is 0 Å². The molecule has 0 N–H and O–H groups in total. The summed E-state index contributed by atoms with van der Waals surface area (Å²) >= 11 is 0. The van der Waals surface area contributed by atoms with Gasteiger partial charge in [-0.05, 0) is 117 Å². The van der Waals surface area contributed by atoms with Crippen molar-refractivity contribution in [2.75, 3.05) is 0 Å². The summed E-state index contributed by atoms with van der Waals surface area (Å²) < 4.78 is 66.7. The van der Waals surface area contributed by atoms with Crippen LogP contribution < -0.4 is 0 Å². The lowest BCUT2D eigenvalue weighted by Gasteiger charge is -2.20. The smallest absolute Gasteiger partial charge is 0.0616 e. The van der Waals surface area contributed by atoms with Gasteiger partial charge in [-0.25, -0.2) is 0 Å². The first kappa shape index (κ1) is 22.2. The van der Waals surface area contributed by atoms with Crippen molar-refractivity contribution in [1.82, 2.24) is 0 Å². The minimum Gasteiger partial charge on any atom is -0.0616 e. The van der Waals surface area contributed by atoms with E-state index in [1.165, 1.54) is 0 Å². The van der Waals surface area contributed by atoms with Crippen LogP contribution in [0.5, 0.6) is 0 Å². The lowest BCUT2D eigenvalue weighted by atomic mass is 9.83. The van der Waals surface area contributed by atoms with Gasteiger partial charge in [0.15, 0.2) is 0 Å². The van der Waals surface area contributed by atoms with E-state index in [0.717, 1.165) is 43.4 Å². The topological polar surface area (TPSA) is 0 Å². The Morgan fingerprint density at radius 2 is 0.820 bits per heavy atom. The second-order valence-electron chi connectivity index (χ2n) is 12.7. The fraction of sp³-hybridized carbons (Fsp3) is 0. The molecule has 0 aromatic heterocycles. The minimum atomic E-state index is -0.390. The normalized spacial score (nSPS) is 13.6. The zero-order chi connectivity index (χ0) is 39.1. The van der Waals surface area contributed by atoms with E-state index >= 15 is 0 Å². The van der Waals surface area contributed by atoms with Crippen LogP contribution in [0.2, 0.25) is 0 Å². The van der Waals surface area contributed by atoms with Gasteiger partial charge >= 0.3 is 0 Å². The molecule has 0 fully saturated rings. The highest BCUT2D eigenvalue weighted by Crippen LogP contribution is 2.46. The Balaban J connectivity index is 1.43. The Morgan fingerprint density at radius 3 is 1.54 bits per heavy atom. The van der Waals surface area contributed by atoms with Crippen LogP contribution in [-0.2, 0) is 0 Å². The number of benzene rings is 10. The van der Waals surface area contributed by atoms with Crippen molar-refractivity contribution in [2.24, 2.45) is 0 Å². The molecule has 0 aliphatic carbocycles. The monoisotopic (exact) mass is 639 g/mol. The molecule has 0 unspecified atom stereocenters. The van der Waals surface area contributed by atoms with Gasteiger partial charge in [0.1, 0.15) is 0 Å². The first-order valence-electron chi connectivity index (χ1n) is 20.3. The van der Waals surface area contributed by atoms with Crippen molar-refractivity contribution in [1.29, 1.82) is 0 Å². The Labute approximate surface area is 301 Å². The molecule has 0 amide bonds. The van der Waals surface area contributed by atoms with Crippen LogP contribution >= 0.6 is 0 Å². The summed E-state index contributed by atoms with van der Waals surface area (Å²) in [5.74, 6) is 0. The van der Waals surface area contributed by atoms with Gasteiger partial charge in [0.2, 0.25) is 0 Å². The Kier molecular flexibility index (Phi) is 5.14. The van der Waals surface area contributed by atoms with E-state index in [0.29, 0.717) is 44.2 Å². The summed E-state index contributed by atoms with van der Waals surface area (Å²) in [6.07, 6.45) is 0. The van der Waals surface area contributed by atoms with Crippen LogP contribution in [0.1, 0.15) is 9.60 Å². The molecule has 10 aromatic rings. The van der Waals surface area contributed by atoms with Crippen LogP contribution in [0.25, 0.3) is 98.4 Å². The lowest BCUT2D eigenvalue weighted by molar-refractivity contribution is 1.63. The van der Waals surface area contributed by atoms with Crippen molar-refractivity contribution in [3.05, 3.63) is 194 Å². The predicted molar refractivity (Wildman–Crippen MR) is 216 cm³/mol. The first-order valence-corrected chi connectivity index (χ1v) is 16.8. The van der Waals surface area contributed by atoms with E-state index in [1.54, 1.807) is 0 Å². The summed E-state index contributed by atoms with van der Waals surface area (Å²) in [6, 6.07) is 48.0. The Hall–Kier alpha value is -6.50. The van der Waals surface area contributed by atoms with E-state index in [4.69, 9.17) is 2.74 Å². The second kappa shape index (κ2) is 11.6. The fourth-order valence-electron chi connectivity index (χ4n) is 7.54. The summed E-state index contributed by atoms with van der Waals surface area (Å²) in [5, 5.41) is 7.01. The van der Waals surface area contributed by atoms with E-state index in [-0.39, 0.29) is 53.1 Å². The van der Waals surface area contributed by atoms with Crippen LogP contribution in [-0.4, -0.2) is 0 Å². The average Bonchev–Trinajstić information content (AvgIpc) is 3.25. The third kappa shape index (κ3) is 4.61. The number of fused-ring (bicyclic) bond motifs is 5. The Morgan fingerprint density at radius 1 is 0.300 bits per heavy atom. The van der Waals surface area contributed by atoms with Gasteiger partial charge in [0.05, 0.1) is 9.60 Å². The molecule has 0 saturated carbocycles.